The van der Waals surface area contributed by atoms with E-state index in [9.17, 15) is 14.4 Å². The maximum absolute atomic E-state index is 15.0. The van der Waals surface area contributed by atoms with Crippen LogP contribution in [-0.2, 0) is 29.2 Å². The summed E-state index contributed by atoms with van der Waals surface area (Å²) in [6, 6.07) is 7.30. The second kappa shape index (κ2) is 12.2. The molecule has 2 atom stereocenters. The highest BCUT2D eigenvalue weighted by Crippen LogP contribution is 2.45. The van der Waals surface area contributed by atoms with Crippen LogP contribution in [0.25, 0.3) is 21.2 Å². The number of nitrogen functional groups attached to an aromatic ring is 1. The minimum Gasteiger partial charge on any atom is -0.389 e. The maximum Gasteiger partial charge on any atom is 0.244 e. The van der Waals surface area contributed by atoms with E-state index in [-0.39, 0.29) is 17.8 Å². The fourth-order valence-electron chi connectivity index (χ4n) is 6.81. The van der Waals surface area contributed by atoms with Crippen LogP contribution in [0, 0.1) is 23.1 Å². The quantitative estimate of drug-likeness (QED) is 0.277. The maximum atomic E-state index is 15.0. The number of nitrogens with one attached hydrogen (secondary N) is 1. The van der Waals surface area contributed by atoms with Gasteiger partial charge >= 0.3 is 0 Å². The number of likely N-dealkylation sites (tertiary alicyclic amines) is 2. The molecule has 3 aliphatic heterocycles. The number of hydrogen-bond donors (Lipinski definition) is 2. The highest BCUT2D eigenvalue weighted by atomic mass is 32.1. The summed E-state index contributed by atoms with van der Waals surface area (Å²) in [7, 11) is 1.86. The zero-order valence-electron chi connectivity index (χ0n) is 25.1. The number of piperidine rings is 1. The Hall–Kier alpha value is -3.52. The van der Waals surface area contributed by atoms with Gasteiger partial charge in [0.1, 0.15) is 28.8 Å². The SMILES string of the molecule is CCCc1cc(/C(=N\CN2CCC(C)C2)NC2CCCN(C)C2=O)c2c(c1-c1ccc(F)c3sc(N)c(C#N)c13)COC2. The summed E-state index contributed by atoms with van der Waals surface area (Å²) < 4.78 is 21.5. The molecule has 0 bridgehead atoms. The lowest BCUT2D eigenvalue weighted by atomic mass is 9.85. The Morgan fingerprint density at radius 1 is 1.28 bits per heavy atom. The van der Waals surface area contributed by atoms with E-state index in [1.807, 2.05) is 7.05 Å². The van der Waals surface area contributed by atoms with E-state index in [2.05, 4.69) is 36.2 Å². The number of fused-ring (bicyclic) bond motifs is 2. The molecule has 0 aliphatic carbocycles. The summed E-state index contributed by atoms with van der Waals surface area (Å²) in [6.45, 7) is 8.55. The normalized spacial score (nSPS) is 21.0. The number of rotatable bonds is 7. The summed E-state index contributed by atoms with van der Waals surface area (Å²) >= 11 is 1.12. The molecule has 1 amide bonds. The number of aryl methyl sites for hydroxylation is 1. The van der Waals surface area contributed by atoms with Crippen molar-refractivity contribution in [2.75, 3.05) is 39.1 Å². The van der Waals surface area contributed by atoms with Gasteiger partial charge in [0.2, 0.25) is 5.91 Å². The monoisotopic (exact) mass is 602 g/mol. The van der Waals surface area contributed by atoms with Crippen molar-refractivity contribution in [2.24, 2.45) is 10.9 Å². The van der Waals surface area contributed by atoms with Crippen molar-refractivity contribution in [2.45, 2.75) is 65.2 Å². The molecule has 2 fully saturated rings. The van der Waals surface area contributed by atoms with Crippen molar-refractivity contribution < 1.29 is 13.9 Å². The minimum absolute atomic E-state index is 0.0832. The zero-order chi connectivity index (χ0) is 30.2. The number of nitrogens with zero attached hydrogens (tertiary/aromatic N) is 4. The van der Waals surface area contributed by atoms with Crippen molar-refractivity contribution >= 4 is 38.2 Å². The molecule has 8 nitrogen and oxygen atoms in total. The van der Waals surface area contributed by atoms with Gasteiger partial charge in [0, 0.05) is 37.6 Å². The lowest BCUT2D eigenvalue weighted by molar-refractivity contribution is -0.133. The Labute approximate surface area is 256 Å². The van der Waals surface area contributed by atoms with Crippen LogP contribution in [0.2, 0.25) is 0 Å². The molecular weight excluding hydrogens is 563 g/mol. The van der Waals surface area contributed by atoms with Gasteiger partial charge in [-0.25, -0.2) is 4.39 Å². The highest BCUT2D eigenvalue weighted by Gasteiger charge is 2.32. The second-order valence-electron chi connectivity index (χ2n) is 12.1. The zero-order valence-corrected chi connectivity index (χ0v) is 26.0. The molecule has 4 heterocycles. The van der Waals surface area contributed by atoms with Gasteiger partial charge in [0.05, 0.1) is 30.1 Å². The number of ether oxygens (including phenoxy) is 1. The number of hydrogen-bond acceptors (Lipinski definition) is 7. The molecule has 0 spiro atoms. The van der Waals surface area contributed by atoms with Gasteiger partial charge in [0.25, 0.3) is 0 Å². The minimum atomic E-state index is -0.379. The Bertz CT molecular complexity index is 1640. The number of amidine groups is 1. The molecule has 2 unspecified atom stereocenters. The van der Waals surface area contributed by atoms with Crippen molar-refractivity contribution in [3.63, 3.8) is 0 Å². The van der Waals surface area contributed by atoms with Crippen LogP contribution in [-0.4, -0.2) is 60.9 Å². The third-order valence-corrected chi connectivity index (χ3v) is 10.0. The van der Waals surface area contributed by atoms with Crippen LogP contribution in [0.5, 0.6) is 0 Å². The summed E-state index contributed by atoms with van der Waals surface area (Å²) in [5.74, 6) is 1.07. The van der Waals surface area contributed by atoms with E-state index in [0.717, 1.165) is 102 Å². The first-order valence-electron chi connectivity index (χ1n) is 15.3. The number of carbonyl (C=O) groups excluding carboxylic acids is 1. The first-order valence-corrected chi connectivity index (χ1v) is 16.1. The van der Waals surface area contributed by atoms with Crippen LogP contribution >= 0.6 is 11.3 Å². The smallest absolute Gasteiger partial charge is 0.244 e. The number of nitriles is 1. The summed E-state index contributed by atoms with van der Waals surface area (Å²) in [4.78, 5) is 22.4. The van der Waals surface area contributed by atoms with Crippen molar-refractivity contribution in [1.82, 2.24) is 15.1 Å². The number of amides is 1. The molecule has 2 saturated heterocycles. The van der Waals surface area contributed by atoms with E-state index >= 15 is 0 Å². The summed E-state index contributed by atoms with van der Waals surface area (Å²) in [5.41, 5.74) is 12.4. The largest absolute Gasteiger partial charge is 0.389 e. The molecule has 0 saturated carbocycles. The molecule has 0 radical (unpaired) electrons. The first kappa shape index (κ1) is 29.5. The van der Waals surface area contributed by atoms with Gasteiger partial charge in [-0.2, -0.15) is 5.26 Å². The second-order valence-corrected chi connectivity index (χ2v) is 13.2. The standard InChI is InChI=1S/C33H39FN6O2S/c1-4-6-20-13-22(32(37-18-40-12-10-19(2)15-40)38-27-7-5-11-39(3)33(27)41)24-16-42-17-25(24)28(20)21-8-9-26(34)30-29(21)23(14-35)31(36)43-30/h8-9,13,19,27H,4-7,10-12,15-18,36H2,1-3H3,(H,37,38). The van der Waals surface area contributed by atoms with Crippen LogP contribution in [0.15, 0.2) is 23.2 Å². The number of likely N-dealkylation sites (N-methyl/N-ethyl adjacent to an activating group) is 1. The molecule has 3 aromatic rings. The van der Waals surface area contributed by atoms with Gasteiger partial charge in [-0.3, -0.25) is 14.7 Å². The lowest BCUT2D eigenvalue weighted by Crippen LogP contribution is -2.51. The van der Waals surface area contributed by atoms with E-state index in [0.29, 0.717) is 46.5 Å². The fraction of sp³-hybridized carbons (Fsp3) is 0.485. The molecule has 1 aromatic heterocycles. The number of benzene rings is 2. The van der Waals surface area contributed by atoms with E-state index in [1.165, 1.54) is 6.07 Å². The van der Waals surface area contributed by atoms with Crippen molar-refractivity contribution in [1.29, 1.82) is 5.26 Å². The van der Waals surface area contributed by atoms with E-state index in [1.54, 1.807) is 11.0 Å². The molecule has 226 valence electrons. The van der Waals surface area contributed by atoms with Gasteiger partial charge in [-0.15, -0.1) is 11.3 Å². The van der Waals surface area contributed by atoms with Crippen LogP contribution < -0.4 is 11.1 Å². The number of halogens is 1. The fourth-order valence-corrected chi connectivity index (χ4v) is 7.76. The Balaban J connectivity index is 1.52. The van der Waals surface area contributed by atoms with Crippen LogP contribution in [0.3, 0.4) is 0 Å². The summed E-state index contributed by atoms with van der Waals surface area (Å²) in [5, 5.41) is 14.4. The third-order valence-electron chi connectivity index (χ3n) is 9.01. The van der Waals surface area contributed by atoms with Crippen LogP contribution in [0.1, 0.15) is 67.3 Å². The number of nitrogens with two attached hydrogens (primary N) is 1. The molecule has 2 aromatic carbocycles. The molecular formula is C33H39FN6O2S. The highest BCUT2D eigenvalue weighted by molar-refractivity contribution is 7.23. The van der Waals surface area contributed by atoms with Gasteiger partial charge in [-0.05, 0) is 71.6 Å². The molecule has 6 rings (SSSR count). The Morgan fingerprint density at radius 3 is 2.84 bits per heavy atom. The van der Waals surface area contributed by atoms with Crippen molar-refractivity contribution in [3.05, 3.63) is 51.8 Å². The average molecular weight is 603 g/mol. The van der Waals surface area contributed by atoms with Gasteiger partial charge in [0.15, 0.2) is 0 Å². The predicted octanol–water partition coefficient (Wildman–Crippen LogP) is 5.40. The Morgan fingerprint density at radius 2 is 2.09 bits per heavy atom. The molecule has 3 aliphatic rings. The van der Waals surface area contributed by atoms with E-state index < -0.39 is 0 Å². The molecule has 10 heteroatoms. The summed E-state index contributed by atoms with van der Waals surface area (Å²) in [6.07, 6.45) is 4.52. The number of thiophene rings is 1. The lowest BCUT2D eigenvalue weighted by Gasteiger charge is -2.31. The van der Waals surface area contributed by atoms with E-state index in [4.69, 9.17) is 15.5 Å². The first-order chi connectivity index (χ1) is 20.8. The van der Waals surface area contributed by atoms with Gasteiger partial charge in [-0.1, -0.05) is 26.3 Å². The molecule has 3 N–H and O–H groups in total. The predicted molar refractivity (Wildman–Crippen MR) is 169 cm³/mol. The van der Waals surface area contributed by atoms with Gasteiger partial charge < -0.3 is 20.7 Å². The Kier molecular flexibility index (Phi) is 8.40. The number of aliphatic imine (C=N–C) groups is 1. The van der Waals surface area contributed by atoms with Crippen molar-refractivity contribution in [3.8, 4) is 17.2 Å². The number of anilines is 1. The molecule has 43 heavy (non-hydrogen) atoms. The van der Waals surface area contributed by atoms with Crippen LogP contribution in [0.4, 0.5) is 9.39 Å². The topological polar surface area (TPSA) is 107 Å². The average Bonchev–Trinajstić information content (AvgIpc) is 3.72. The number of carbonyl (C=O) groups is 1. The third kappa shape index (κ3) is 5.50.